The molecule has 1 fully saturated rings. The van der Waals surface area contributed by atoms with Crippen LogP contribution in [0.3, 0.4) is 0 Å². The lowest BCUT2D eigenvalue weighted by Gasteiger charge is -2.29. The highest BCUT2D eigenvalue weighted by atomic mass is 79.9. The van der Waals surface area contributed by atoms with Crippen LogP contribution in [0.25, 0.3) is 0 Å². The first-order valence-corrected chi connectivity index (χ1v) is 8.09. The molecule has 1 aromatic rings. The third-order valence-corrected chi connectivity index (χ3v) is 4.76. The van der Waals surface area contributed by atoms with E-state index in [1.54, 1.807) is 6.20 Å². The molecule has 0 unspecified atom stereocenters. The van der Waals surface area contributed by atoms with Gasteiger partial charge in [-0.25, -0.2) is 4.68 Å². The van der Waals surface area contributed by atoms with E-state index < -0.39 is 0 Å². The van der Waals surface area contributed by atoms with Gasteiger partial charge in [0.25, 0.3) is 5.56 Å². The first-order valence-electron chi connectivity index (χ1n) is 7.29. The molecule has 0 amide bonds. The number of aryl methyl sites for hydroxylation is 1. The summed E-state index contributed by atoms with van der Waals surface area (Å²) in [5.41, 5.74) is 0.726. The lowest BCUT2D eigenvalue weighted by Crippen LogP contribution is -2.31. The van der Waals surface area contributed by atoms with Gasteiger partial charge in [0, 0.05) is 13.1 Å². The minimum atomic E-state index is -0.0724. The van der Waals surface area contributed by atoms with Gasteiger partial charge in [-0.3, -0.25) is 4.79 Å². The number of hydrogen-bond acceptors (Lipinski definition) is 4. The summed E-state index contributed by atoms with van der Waals surface area (Å²) in [7, 11) is 2.18. The number of halogens is 1. The highest BCUT2D eigenvalue weighted by molar-refractivity contribution is 9.10. The normalized spacial score (nSPS) is 17.4. The fourth-order valence-electron chi connectivity index (χ4n) is 2.58. The maximum atomic E-state index is 11.9. The van der Waals surface area contributed by atoms with E-state index in [9.17, 15) is 4.79 Å². The summed E-state index contributed by atoms with van der Waals surface area (Å²) >= 11 is 3.36. The number of anilines is 1. The molecule has 6 heteroatoms. The van der Waals surface area contributed by atoms with Crippen LogP contribution < -0.4 is 10.9 Å². The van der Waals surface area contributed by atoms with Crippen molar-refractivity contribution in [3.63, 3.8) is 0 Å². The van der Waals surface area contributed by atoms with Crippen LogP contribution in [0, 0.1) is 5.92 Å². The van der Waals surface area contributed by atoms with Crippen LogP contribution >= 0.6 is 15.9 Å². The summed E-state index contributed by atoms with van der Waals surface area (Å²) in [4.78, 5) is 14.3. The second-order valence-electron chi connectivity index (χ2n) is 5.46. The summed E-state index contributed by atoms with van der Waals surface area (Å²) in [5.74, 6) is 0.793. The topological polar surface area (TPSA) is 50.2 Å². The van der Waals surface area contributed by atoms with Gasteiger partial charge in [-0.1, -0.05) is 0 Å². The number of rotatable bonds is 5. The van der Waals surface area contributed by atoms with Crippen LogP contribution in [-0.2, 0) is 6.54 Å². The Balaban J connectivity index is 1.85. The van der Waals surface area contributed by atoms with Gasteiger partial charge in [0.05, 0.1) is 11.9 Å². The van der Waals surface area contributed by atoms with E-state index in [1.165, 1.54) is 30.6 Å². The first kappa shape index (κ1) is 15.5. The molecule has 20 heavy (non-hydrogen) atoms. The summed E-state index contributed by atoms with van der Waals surface area (Å²) < 4.78 is 2.03. The van der Waals surface area contributed by atoms with Gasteiger partial charge < -0.3 is 10.2 Å². The molecule has 1 aromatic heterocycles. The zero-order valence-electron chi connectivity index (χ0n) is 12.2. The molecule has 2 heterocycles. The molecule has 0 spiro atoms. The fourth-order valence-corrected chi connectivity index (χ4v) is 3.02. The Labute approximate surface area is 128 Å². The van der Waals surface area contributed by atoms with E-state index in [2.05, 4.69) is 38.3 Å². The van der Waals surface area contributed by atoms with E-state index in [-0.39, 0.29) is 5.56 Å². The SMILES string of the molecule is CCn1ncc(NCCC2CCN(C)CC2)c(Br)c1=O. The number of nitrogens with zero attached hydrogens (tertiary/aromatic N) is 3. The molecule has 5 nitrogen and oxygen atoms in total. The summed E-state index contributed by atoms with van der Waals surface area (Å²) in [6.07, 6.45) is 5.42. The molecule has 1 aliphatic rings. The van der Waals surface area contributed by atoms with Crippen LogP contribution in [0.15, 0.2) is 15.5 Å². The molecule has 0 saturated carbocycles. The Bertz CT molecular complexity index is 494. The van der Waals surface area contributed by atoms with E-state index in [0.29, 0.717) is 11.0 Å². The van der Waals surface area contributed by atoms with Gasteiger partial charge in [0.15, 0.2) is 0 Å². The van der Waals surface area contributed by atoms with E-state index >= 15 is 0 Å². The monoisotopic (exact) mass is 342 g/mol. The fraction of sp³-hybridized carbons (Fsp3) is 0.714. The highest BCUT2D eigenvalue weighted by Crippen LogP contribution is 2.21. The van der Waals surface area contributed by atoms with Crippen LogP contribution in [0.2, 0.25) is 0 Å². The van der Waals surface area contributed by atoms with Crippen molar-refractivity contribution in [3.8, 4) is 0 Å². The molecule has 0 aromatic carbocycles. The third-order valence-electron chi connectivity index (χ3n) is 3.99. The van der Waals surface area contributed by atoms with E-state index in [4.69, 9.17) is 0 Å². The maximum absolute atomic E-state index is 11.9. The lowest BCUT2D eigenvalue weighted by atomic mass is 9.94. The molecule has 1 aliphatic heterocycles. The van der Waals surface area contributed by atoms with Crippen molar-refractivity contribution in [2.24, 2.45) is 5.92 Å². The third kappa shape index (κ3) is 3.82. The molecule has 0 atom stereocenters. The van der Waals surface area contributed by atoms with Gasteiger partial charge in [0.2, 0.25) is 0 Å². The van der Waals surface area contributed by atoms with Crippen molar-refractivity contribution >= 4 is 21.6 Å². The Hall–Kier alpha value is -0.880. The number of piperidine rings is 1. The average molecular weight is 343 g/mol. The molecule has 0 bridgehead atoms. The number of nitrogens with one attached hydrogen (secondary N) is 1. The Morgan fingerprint density at radius 2 is 2.15 bits per heavy atom. The van der Waals surface area contributed by atoms with Crippen molar-refractivity contribution in [2.45, 2.75) is 32.7 Å². The predicted octanol–water partition coefficient (Wildman–Crippen LogP) is 2.17. The molecule has 2 rings (SSSR count). The van der Waals surface area contributed by atoms with Gasteiger partial charge in [-0.2, -0.15) is 5.10 Å². The van der Waals surface area contributed by atoms with Crippen LogP contribution in [0.4, 0.5) is 5.69 Å². The zero-order valence-corrected chi connectivity index (χ0v) is 13.8. The average Bonchev–Trinajstić information content (AvgIpc) is 2.46. The number of hydrogen-bond donors (Lipinski definition) is 1. The van der Waals surface area contributed by atoms with Gasteiger partial charge in [-0.05, 0) is 68.2 Å². The second-order valence-corrected chi connectivity index (χ2v) is 6.25. The van der Waals surface area contributed by atoms with Crippen molar-refractivity contribution in [3.05, 3.63) is 21.0 Å². The largest absolute Gasteiger partial charge is 0.383 e. The van der Waals surface area contributed by atoms with Crippen molar-refractivity contribution in [1.82, 2.24) is 14.7 Å². The molecular formula is C14H23BrN4O. The van der Waals surface area contributed by atoms with Crippen LogP contribution in [0.5, 0.6) is 0 Å². The molecule has 1 saturated heterocycles. The van der Waals surface area contributed by atoms with E-state index in [1.807, 2.05) is 6.92 Å². The zero-order chi connectivity index (χ0) is 14.5. The molecule has 0 radical (unpaired) electrons. The number of aromatic nitrogens is 2. The van der Waals surface area contributed by atoms with Crippen LogP contribution in [-0.4, -0.2) is 41.4 Å². The molecular weight excluding hydrogens is 320 g/mol. The molecule has 112 valence electrons. The number of likely N-dealkylation sites (tertiary alicyclic amines) is 1. The lowest BCUT2D eigenvalue weighted by molar-refractivity contribution is 0.215. The minimum absolute atomic E-state index is 0.0724. The Morgan fingerprint density at radius 3 is 2.80 bits per heavy atom. The summed E-state index contributed by atoms with van der Waals surface area (Å²) in [6, 6.07) is 0. The van der Waals surface area contributed by atoms with Gasteiger partial charge in [0.1, 0.15) is 4.47 Å². The quantitative estimate of drug-likeness (QED) is 0.890. The Kier molecular flexibility index (Phi) is 5.60. The predicted molar refractivity (Wildman–Crippen MR) is 85.2 cm³/mol. The highest BCUT2D eigenvalue weighted by Gasteiger charge is 2.16. The van der Waals surface area contributed by atoms with Gasteiger partial charge in [-0.15, -0.1) is 0 Å². The maximum Gasteiger partial charge on any atom is 0.283 e. The summed E-state index contributed by atoms with van der Waals surface area (Å²) in [6.45, 7) is 5.79. The second kappa shape index (κ2) is 7.22. The van der Waals surface area contributed by atoms with Crippen molar-refractivity contribution in [2.75, 3.05) is 32.0 Å². The van der Waals surface area contributed by atoms with E-state index in [0.717, 1.165) is 24.6 Å². The first-order chi connectivity index (χ1) is 9.61. The van der Waals surface area contributed by atoms with Crippen molar-refractivity contribution in [1.29, 1.82) is 0 Å². The Morgan fingerprint density at radius 1 is 1.45 bits per heavy atom. The smallest absolute Gasteiger partial charge is 0.283 e. The summed E-state index contributed by atoms with van der Waals surface area (Å²) in [5, 5.41) is 7.47. The van der Waals surface area contributed by atoms with Crippen molar-refractivity contribution < 1.29 is 0 Å². The molecule has 1 N–H and O–H groups in total. The standard InChI is InChI=1S/C14H23BrN4O/c1-3-19-14(20)13(15)12(10-17-19)16-7-4-11-5-8-18(2)9-6-11/h10-11,16H,3-9H2,1-2H3. The van der Waals surface area contributed by atoms with Gasteiger partial charge >= 0.3 is 0 Å². The molecule has 0 aliphatic carbocycles. The van der Waals surface area contributed by atoms with Crippen LogP contribution in [0.1, 0.15) is 26.2 Å². The minimum Gasteiger partial charge on any atom is -0.383 e.